The summed E-state index contributed by atoms with van der Waals surface area (Å²) in [5.41, 5.74) is 5.74. The highest BCUT2D eigenvalue weighted by Gasteiger charge is 2.12. The maximum absolute atomic E-state index is 8.61. The van der Waals surface area contributed by atoms with E-state index < -0.39 is 0 Å². The van der Waals surface area contributed by atoms with Crippen LogP contribution in [0.5, 0.6) is 5.88 Å². The van der Waals surface area contributed by atoms with Crippen molar-refractivity contribution in [1.29, 1.82) is 0 Å². The third kappa shape index (κ3) is 3.90. The van der Waals surface area contributed by atoms with Gasteiger partial charge in [-0.05, 0) is 12.3 Å². The molecule has 1 unspecified atom stereocenters. The molecule has 0 fully saturated rings. The molecular formula is C11H18N4O2. The molecule has 1 rings (SSSR count). The highest BCUT2D eigenvalue weighted by molar-refractivity contribution is 5.97. The predicted molar refractivity (Wildman–Crippen MR) is 64.1 cm³/mol. The van der Waals surface area contributed by atoms with Crippen molar-refractivity contribution >= 4 is 5.84 Å². The van der Waals surface area contributed by atoms with Crippen molar-refractivity contribution < 1.29 is 9.94 Å². The minimum Gasteiger partial charge on any atom is -0.476 e. The number of oxime groups is 1. The summed E-state index contributed by atoms with van der Waals surface area (Å²) in [6.45, 7) is 4.77. The molecule has 0 saturated heterocycles. The monoisotopic (exact) mass is 238 g/mol. The summed E-state index contributed by atoms with van der Waals surface area (Å²) in [6.07, 6.45) is 5.17. The lowest BCUT2D eigenvalue weighted by Gasteiger charge is -2.12. The van der Waals surface area contributed by atoms with Crippen LogP contribution < -0.4 is 10.5 Å². The Morgan fingerprint density at radius 1 is 1.53 bits per heavy atom. The molecular weight excluding hydrogens is 220 g/mol. The van der Waals surface area contributed by atoms with Crippen LogP contribution in [0, 0.1) is 5.92 Å². The summed E-state index contributed by atoms with van der Waals surface area (Å²) in [4.78, 5) is 7.99. The minimum atomic E-state index is -0.101. The molecule has 1 heterocycles. The number of ether oxygens (including phenoxy) is 1. The van der Waals surface area contributed by atoms with Gasteiger partial charge in [0.05, 0.1) is 6.61 Å². The van der Waals surface area contributed by atoms with Crippen molar-refractivity contribution in [2.24, 2.45) is 16.8 Å². The van der Waals surface area contributed by atoms with Crippen LogP contribution in [0.25, 0.3) is 0 Å². The van der Waals surface area contributed by atoms with Crippen LogP contribution in [-0.4, -0.2) is 27.6 Å². The molecule has 1 atom stereocenters. The molecule has 17 heavy (non-hydrogen) atoms. The topological polar surface area (TPSA) is 93.6 Å². The summed E-state index contributed by atoms with van der Waals surface area (Å²) < 4.78 is 5.53. The van der Waals surface area contributed by atoms with Gasteiger partial charge in [0.1, 0.15) is 0 Å². The van der Waals surface area contributed by atoms with E-state index in [1.807, 2.05) is 0 Å². The number of nitrogens with zero attached hydrogens (tertiary/aromatic N) is 3. The maximum Gasteiger partial charge on any atom is 0.243 e. The molecule has 6 nitrogen and oxygen atoms in total. The van der Waals surface area contributed by atoms with E-state index in [-0.39, 0.29) is 11.5 Å². The first-order chi connectivity index (χ1) is 8.19. The average molecular weight is 238 g/mol. The SMILES string of the molecule is CCCC(C)COc1nccnc1C(N)=NO. The second-order valence-electron chi connectivity index (χ2n) is 3.90. The lowest BCUT2D eigenvalue weighted by Crippen LogP contribution is -2.19. The van der Waals surface area contributed by atoms with Crippen LogP contribution >= 0.6 is 0 Å². The molecule has 0 saturated carbocycles. The summed E-state index contributed by atoms with van der Waals surface area (Å²) in [6, 6.07) is 0. The molecule has 0 aromatic carbocycles. The molecule has 6 heteroatoms. The first-order valence-electron chi connectivity index (χ1n) is 5.60. The zero-order chi connectivity index (χ0) is 12.7. The summed E-state index contributed by atoms with van der Waals surface area (Å²) in [5.74, 6) is 0.629. The number of hydrogen-bond donors (Lipinski definition) is 2. The van der Waals surface area contributed by atoms with E-state index in [1.54, 1.807) is 0 Å². The molecule has 0 bridgehead atoms. The molecule has 1 aromatic rings. The standard InChI is InChI=1S/C11H18N4O2/c1-3-4-8(2)7-17-11-9(10(12)15-16)13-5-6-14-11/h5-6,8,16H,3-4,7H2,1-2H3,(H2,12,15). The van der Waals surface area contributed by atoms with Crippen LogP contribution in [0.1, 0.15) is 32.4 Å². The third-order valence-electron chi connectivity index (χ3n) is 2.30. The van der Waals surface area contributed by atoms with Gasteiger partial charge in [0.15, 0.2) is 11.5 Å². The second-order valence-corrected chi connectivity index (χ2v) is 3.90. The molecule has 0 aliphatic carbocycles. The van der Waals surface area contributed by atoms with Crippen molar-refractivity contribution in [1.82, 2.24) is 9.97 Å². The Labute approximate surface area is 101 Å². The van der Waals surface area contributed by atoms with Crippen LogP contribution in [0.15, 0.2) is 17.5 Å². The van der Waals surface area contributed by atoms with Gasteiger partial charge >= 0.3 is 0 Å². The fraction of sp³-hybridized carbons (Fsp3) is 0.545. The molecule has 0 aliphatic heterocycles. The average Bonchev–Trinajstić information content (AvgIpc) is 2.36. The first kappa shape index (κ1) is 13.2. The lowest BCUT2D eigenvalue weighted by molar-refractivity contribution is 0.241. The van der Waals surface area contributed by atoms with Crippen molar-refractivity contribution in [2.45, 2.75) is 26.7 Å². The Morgan fingerprint density at radius 2 is 2.24 bits per heavy atom. The van der Waals surface area contributed by atoms with Gasteiger partial charge in [-0.25, -0.2) is 9.97 Å². The van der Waals surface area contributed by atoms with Crippen molar-refractivity contribution in [3.63, 3.8) is 0 Å². The van der Waals surface area contributed by atoms with Gasteiger partial charge in [0.2, 0.25) is 5.88 Å². The molecule has 0 amide bonds. The van der Waals surface area contributed by atoms with Crippen molar-refractivity contribution in [3.05, 3.63) is 18.1 Å². The lowest BCUT2D eigenvalue weighted by atomic mass is 10.1. The van der Waals surface area contributed by atoms with E-state index >= 15 is 0 Å². The van der Waals surface area contributed by atoms with Crippen molar-refractivity contribution in [2.75, 3.05) is 6.61 Å². The number of aromatic nitrogens is 2. The van der Waals surface area contributed by atoms with E-state index in [4.69, 9.17) is 15.7 Å². The Kier molecular flexibility index (Phi) is 5.19. The Balaban J connectivity index is 2.71. The van der Waals surface area contributed by atoms with Gasteiger partial charge in [0.25, 0.3) is 0 Å². The fourth-order valence-electron chi connectivity index (χ4n) is 1.45. The van der Waals surface area contributed by atoms with E-state index in [1.165, 1.54) is 12.4 Å². The maximum atomic E-state index is 8.61. The molecule has 1 aromatic heterocycles. The highest BCUT2D eigenvalue weighted by Crippen LogP contribution is 2.13. The molecule has 0 aliphatic rings. The predicted octanol–water partition coefficient (Wildman–Crippen LogP) is 1.39. The van der Waals surface area contributed by atoms with Crippen molar-refractivity contribution in [3.8, 4) is 5.88 Å². The number of amidine groups is 1. The van der Waals surface area contributed by atoms with E-state index in [2.05, 4.69) is 29.0 Å². The molecule has 3 N–H and O–H groups in total. The van der Waals surface area contributed by atoms with Crippen LogP contribution in [-0.2, 0) is 0 Å². The van der Waals surface area contributed by atoms with Gasteiger partial charge in [-0.15, -0.1) is 0 Å². The number of rotatable bonds is 6. The summed E-state index contributed by atoms with van der Waals surface area (Å²) in [7, 11) is 0. The van der Waals surface area contributed by atoms with Gasteiger partial charge in [-0.1, -0.05) is 25.4 Å². The quantitative estimate of drug-likeness (QED) is 0.338. The van der Waals surface area contributed by atoms with Crippen LogP contribution in [0.3, 0.4) is 0 Å². The number of nitrogens with two attached hydrogens (primary N) is 1. The fourth-order valence-corrected chi connectivity index (χ4v) is 1.45. The zero-order valence-corrected chi connectivity index (χ0v) is 10.1. The third-order valence-corrected chi connectivity index (χ3v) is 2.30. The van der Waals surface area contributed by atoms with Crippen LogP contribution in [0.4, 0.5) is 0 Å². The van der Waals surface area contributed by atoms with Gasteiger partial charge in [-0.2, -0.15) is 0 Å². The van der Waals surface area contributed by atoms with Gasteiger partial charge in [-0.3, -0.25) is 0 Å². The van der Waals surface area contributed by atoms with Gasteiger partial charge < -0.3 is 15.7 Å². The molecule has 0 spiro atoms. The molecule has 0 radical (unpaired) electrons. The summed E-state index contributed by atoms with van der Waals surface area (Å²) in [5, 5.41) is 11.5. The highest BCUT2D eigenvalue weighted by atomic mass is 16.5. The van der Waals surface area contributed by atoms with Crippen LogP contribution in [0.2, 0.25) is 0 Å². The Hall–Kier alpha value is -1.85. The largest absolute Gasteiger partial charge is 0.476 e. The summed E-state index contributed by atoms with van der Waals surface area (Å²) >= 11 is 0. The number of hydrogen-bond acceptors (Lipinski definition) is 5. The Bertz CT molecular complexity index is 381. The Morgan fingerprint density at radius 3 is 2.88 bits per heavy atom. The second kappa shape index (κ2) is 6.67. The zero-order valence-electron chi connectivity index (χ0n) is 10.1. The smallest absolute Gasteiger partial charge is 0.243 e. The minimum absolute atomic E-state index is 0.101. The van der Waals surface area contributed by atoms with Gasteiger partial charge in [0, 0.05) is 12.4 Å². The van der Waals surface area contributed by atoms with E-state index in [0.717, 1.165) is 12.8 Å². The molecule has 94 valence electrons. The first-order valence-corrected chi connectivity index (χ1v) is 5.60. The van der Waals surface area contributed by atoms with E-state index in [9.17, 15) is 0 Å². The van der Waals surface area contributed by atoms with E-state index in [0.29, 0.717) is 18.4 Å². The normalized spacial score (nSPS) is 13.4.